The first-order chi connectivity index (χ1) is 16.3. The summed E-state index contributed by atoms with van der Waals surface area (Å²) in [6, 6.07) is 13.7. The van der Waals surface area contributed by atoms with Gasteiger partial charge in [-0.05, 0) is 42.8 Å². The van der Waals surface area contributed by atoms with Gasteiger partial charge in [-0.2, -0.15) is 0 Å². The van der Waals surface area contributed by atoms with Gasteiger partial charge in [0.1, 0.15) is 23.6 Å². The second-order valence-corrected chi connectivity index (χ2v) is 9.10. The normalized spacial score (nSPS) is 16.3. The maximum absolute atomic E-state index is 15.0. The van der Waals surface area contributed by atoms with Crippen LogP contribution in [-0.2, 0) is 11.8 Å². The SMILES string of the molecule is Cc1nc2cc(N3CCOC(c4cccc(Cl)c4)C3)nc(-c3ccc(Cl)cc3F)c2c(=O)n1C. The summed E-state index contributed by atoms with van der Waals surface area (Å²) in [4.78, 5) is 24.6. The van der Waals surface area contributed by atoms with E-state index in [1.807, 2.05) is 24.3 Å². The molecule has 0 amide bonds. The van der Waals surface area contributed by atoms with E-state index in [1.165, 1.54) is 16.7 Å². The smallest absolute Gasteiger partial charge is 0.263 e. The number of nitrogens with zero attached hydrogens (tertiary/aromatic N) is 4. The number of ether oxygens (including phenoxy) is 1. The number of anilines is 1. The number of rotatable bonds is 3. The van der Waals surface area contributed by atoms with Crippen molar-refractivity contribution in [1.82, 2.24) is 14.5 Å². The predicted octanol–water partition coefficient (Wildman–Crippen LogP) is 5.33. The summed E-state index contributed by atoms with van der Waals surface area (Å²) in [5.41, 5.74) is 1.56. The Morgan fingerprint density at radius 3 is 2.65 bits per heavy atom. The van der Waals surface area contributed by atoms with Crippen LogP contribution in [0.25, 0.3) is 22.2 Å². The number of pyridine rings is 1. The van der Waals surface area contributed by atoms with Crippen molar-refractivity contribution in [2.75, 3.05) is 24.6 Å². The third kappa shape index (κ3) is 4.15. The molecule has 4 aromatic rings. The van der Waals surface area contributed by atoms with Crippen molar-refractivity contribution in [1.29, 1.82) is 0 Å². The molecule has 34 heavy (non-hydrogen) atoms. The third-order valence-electron chi connectivity index (χ3n) is 6.07. The minimum Gasteiger partial charge on any atom is -0.370 e. The van der Waals surface area contributed by atoms with Gasteiger partial charge in [-0.3, -0.25) is 9.36 Å². The van der Waals surface area contributed by atoms with E-state index in [0.29, 0.717) is 41.9 Å². The van der Waals surface area contributed by atoms with Crippen molar-refractivity contribution in [2.24, 2.45) is 7.05 Å². The molecule has 1 saturated heterocycles. The van der Waals surface area contributed by atoms with Crippen LogP contribution in [0.3, 0.4) is 0 Å². The van der Waals surface area contributed by atoms with Gasteiger partial charge < -0.3 is 9.64 Å². The fourth-order valence-electron chi connectivity index (χ4n) is 4.19. The Bertz CT molecular complexity index is 1470. The van der Waals surface area contributed by atoms with E-state index in [1.54, 1.807) is 26.1 Å². The van der Waals surface area contributed by atoms with Crippen LogP contribution in [0.15, 0.2) is 53.3 Å². The zero-order valence-electron chi connectivity index (χ0n) is 18.6. The van der Waals surface area contributed by atoms with Crippen LogP contribution in [0.2, 0.25) is 10.0 Å². The van der Waals surface area contributed by atoms with Gasteiger partial charge >= 0.3 is 0 Å². The monoisotopic (exact) mass is 498 g/mol. The molecule has 0 radical (unpaired) electrons. The molecule has 0 saturated carbocycles. The lowest BCUT2D eigenvalue weighted by molar-refractivity contribution is 0.0395. The summed E-state index contributed by atoms with van der Waals surface area (Å²) in [5, 5.41) is 1.16. The quantitative estimate of drug-likeness (QED) is 0.382. The minimum absolute atomic E-state index is 0.193. The second kappa shape index (κ2) is 8.98. The highest BCUT2D eigenvalue weighted by Gasteiger charge is 2.26. The molecule has 3 heterocycles. The van der Waals surface area contributed by atoms with Gasteiger partial charge in [0.2, 0.25) is 0 Å². The van der Waals surface area contributed by atoms with Gasteiger partial charge in [0.25, 0.3) is 5.56 Å². The fraction of sp³-hybridized carbons (Fsp3) is 0.240. The summed E-state index contributed by atoms with van der Waals surface area (Å²) in [7, 11) is 1.64. The molecule has 1 unspecified atom stereocenters. The number of aromatic nitrogens is 3. The van der Waals surface area contributed by atoms with E-state index in [4.69, 9.17) is 32.9 Å². The van der Waals surface area contributed by atoms with Crippen molar-refractivity contribution in [3.05, 3.63) is 86.1 Å². The highest BCUT2D eigenvalue weighted by atomic mass is 35.5. The summed E-state index contributed by atoms with van der Waals surface area (Å²) in [6.45, 7) is 3.34. The van der Waals surface area contributed by atoms with Gasteiger partial charge in [0, 0.05) is 41.8 Å². The van der Waals surface area contributed by atoms with Gasteiger partial charge in [-0.25, -0.2) is 14.4 Å². The molecule has 1 atom stereocenters. The summed E-state index contributed by atoms with van der Waals surface area (Å²) in [5.74, 6) is 0.586. The first-order valence-corrected chi connectivity index (χ1v) is 11.5. The summed E-state index contributed by atoms with van der Waals surface area (Å²) < 4.78 is 22.4. The Labute approximate surface area is 205 Å². The van der Waals surface area contributed by atoms with Gasteiger partial charge in [-0.1, -0.05) is 35.3 Å². The largest absolute Gasteiger partial charge is 0.370 e. The molecule has 2 aromatic heterocycles. The molecule has 0 N–H and O–H groups in total. The lowest BCUT2D eigenvalue weighted by Gasteiger charge is -2.34. The van der Waals surface area contributed by atoms with Crippen LogP contribution in [-0.4, -0.2) is 34.2 Å². The molecule has 9 heteroatoms. The Balaban J connectivity index is 1.66. The third-order valence-corrected chi connectivity index (χ3v) is 6.54. The average Bonchev–Trinajstić information content (AvgIpc) is 2.82. The fourth-order valence-corrected chi connectivity index (χ4v) is 4.54. The van der Waals surface area contributed by atoms with Crippen LogP contribution in [0, 0.1) is 12.7 Å². The topological polar surface area (TPSA) is 60.2 Å². The molecule has 0 spiro atoms. The number of morpholine rings is 1. The predicted molar refractivity (Wildman–Crippen MR) is 132 cm³/mol. The molecule has 0 bridgehead atoms. The molecule has 1 fully saturated rings. The number of benzene rings is 2. The molecular formula is C25H21Cl2FN4O2. The molecule has 5 rings (SSSR count). The van der Waals surface area contributed by atoms with Crippen molar-refractivity contribution >= 4 is 39.9 Å². The van der Waals surface area contributed by atoms with Gasteiger partial charge in [0.15, 0.2) is 0 Å². The first kappa shape index (κ1) is 22.8. The van der Waals surface area contributed by atoms with Crippen LogP contribution < -0.4 is 10.5 Å². The molecule has 1 aliphatic heterocycles. The van der Waals surface area contributed by atoms with Crippen molar-refractivity contribution in [3.63, 3.8) is 0 Å². The number of halogens is 3. The number of aryl methyl sites for hydroxylation is 1. The molecule has 174 valence electrons. The maximum atomic E-state index is 15.0. The zero-order valence-corrected chi connectivity index (χ0v) is 20.1. The lowest BCUT2D eigenvalue weighted by atomic mass is 10.1. The molecule has 6 nitrogen and oxygen atoms in total. The van der Waals surface area contributed by atoms with E-state index in [2.05, 4.69) is 9.88 Å². The standard InChI is InChI=1S/C25H21Cl2FN4O2/c1-14-29-20-12-22(32-8-9-34-21(13-32)15-4-3-5-16(26)10-15)30-24(23(20)25(33)31(14)2)18-7-6-17(27)11-19(18)28/h3-7,10-12,21H,8-9,13H2,1-2H3. The average molecular weight is 499 g/mol. The first-order valence-electron chi connectivity index (χ1n) is 10.8. The number of fused-ring (bicyclic) bond motifs is 1. The summed E-state index contributed by atoms with van der Waals surface area (Å²) >= 11 is 12.1. The molecular weight excluding hydrogens is 478 g/mol. The second-order valence-electron chi connectivity index (χ2n) is 8.23. The van der Waals surface area contributed by atoms with Crippen LogP contribution in [0.4, 0.5) is 10.2 Å². The van der Waals surface area contributed by atoms with E-state index < -0.39 is 5.82 Å². The Hall–Kier alpha value is -3.00. The van der Waals surface area contributed by atoms with Crippen molar-refractivity contribution < 1.29 is 9.13 Å². The van der Waals surface area contributed by atoms with E-state index in [-0.39, 0.29) is 33.3 Å². The number of hydrogen-bond donors (Lipinski definition) is 0. The highest BCUT2D eigenvalue weighted by Crippen LogP contribution is 2.33. The lowest BCUT2D eigenvalue weighted by Crippen LogP contribution is -2.39. The van der Waals surface area contributed by atoms with Gasteiger partial charge in [0.05, 0.1) is 23.2 Å². The van der Waals surface area contributed by atoms with E-state index >= 15 is 0 Å². The Morgan fingerprint density at radius 1 is 1.09 bits per heavy atom. The van der Waals surface area contributed by atoms with E-state index in [9.17, 15) is 9.18 Å². The molecule has 1 aliphatic rings. The minimum atomic E-state index is -0.556. The number of hydrogen-bond acceptors (Lipinski definition) is 5. The Kier molecular flexibility index (Phi) is 6.02. The van der Waals surface area contributed by atoms with Crippen molar-refractivity contribution in [2.45, 2.75) is 13.0 Å². The maximum Gasteiger partial charge on any atom is 0.263 e. The zero-order chi connectivity index (χ0) is 24.0. The van der Waals surface area contributed by atoms with E-state index in [0.717, 1.165) is 5.56 Å². The summed E-state index contributed by atoms with van der Waals surface area (Å²) in [6.07, 6.45) is -0.209. The van der Waals surface area contributed by atoms with Crippen LogP contribution >= 0.6 is 23.2 Å². The van der Waals surface area contributed by atoms with Crippen molar-refractivity contribution in [3.8, 4) is 11.3 Å². The highest BCUT2D eigenvalue weighted by molar-refractivity contribution is 6.31. The Morgan fingerprint density at radius 2 is 1.88 bits per heavy atom. The van der Waals surface area contributed by atoms with Crippen LogP contribution in [0.5, 0.6) is 0 Å². The molecule has 0 aliphatic carbocycles. The van der Waals surface area contributed by atoms with Gasteiger partial charge in [-0.15, -0.1) is 0 Å². The molecule has 2 aromatic carbocycles. The van der Waals surface area contributed by atoms with Crippen LogP contribution in [0.1, 0.15) is 17.5 Å².